The van der Waals surface area contributed by atoms with Gasteiger partial charge in [-0.2, -0.15) is 0 Å². The zero-order chi connectivity index (χ0) is 15.7. The van der Waals surface area contributed by atoms with E-state index in [1.165, 1.54) is 24.3 Å². The maximum Gasteiger partial charge on any atom is 0.295 e. The summed E-state index contributed by atoms with van der Waals surface area (Å²) in [5.41, 5.74) is 2.21. The van der Waals surface area contributed by atoms with Gasteiger partial charge >= 0.3 is 0 Å². The second kappa shape index (κ2) is 5.81. The number of aryl methyl sites for hydroxylation is 1. The number of rotatable bonds is 3. The SMILES string of the molecule is Cc1cccc(N[C@@H]2SC(=O)N(c3ccc(F)cc3)C2=O)c1. The van der Waals surface area contributed by atoms with Gasteiger partial charge in [0.25, 0.3) is 11.1 Å². The molecule has 1 aliphatic rings. The summed E-state index contributed by atoms with van der Waals surface area (Å²) in [7, 11) is 0. The molecule has 112 valence electrons. The second-order valence-electron chi connectivity index (χ2n) is 4.93. The molecule has 4 nitrogen and oxygen atoms in total. The highest BCUT2D eigenvalue weighted by Crippen LogP contribution is 2.32. The number of nitrogens with zero attached hydrogens (tertiary/aromatic N) is 1. The summed E-state index contributed by atoms with van der Waals surface area (Å²) in [6, 6.07) is 12.8. The van der Waals surface area contributed by atoms with Crippen LogP contribution in [-0.4, -0.2) is 16.5 Å². The van der Waals surface area contributed by atoms with Gasteiger partial charge in [-0.25, -0.2) is 9.29 Å². The molecule has 1 heterocycles. The van der Waals surface area contributed by atoms with E-state index >= 15 is 0 Å². The van der Waals surface area contributed by atoms with E-state index in [-0.39, 0.29) is 11.1 Å². The van der Waals surface area contributed by atoms with Crippen molar-refractivity contribution in [3.05, 3.63) is 59.9 Å². The number of halogens is 1. The Morgan fingerprint density at radius 2 is 1.86 bits per heavy atom. The van der Waals surface area contributed by atoms with E-state index in [1.54, 1.807) is 0 Å². The maximum atomic E-state index is 13.0. The molecule has 0 bridgehead atoms. The number of amides is 2. The maximum absolute atomic E-state index is 13.0. The number of hydrogen-bond acceptors (Lipinski definition) is 4. The number of nitrogens with one attached hydrogen (secondary N) is 1. The van der Waals surface area contributed by atoms with Crippen LogP contribution in [0.1, 0.15) is 5.56 Å². The van der Waals surface area contributed by atoms with Crippen LogP contribution in [0.2, 0.25) is 0 Å². The van der Waals surface area contributed by atoms with E-state index in [0.29, 0.717) is 5.69 Å². The summed E-state index contributed by atoms with van der Waals surface area (Å²) < 4.78 is 13.0. The summed E-state index contributed by atoms with van der Waals surface area (Å²) in [6.45, 7) is 1.95. The summed E-state index contributed by atoms with van der Waals surface area (Å²) >= 11 is 0.914. The van der Waals surface area contributed by atoms with Crippen molar-refractivity contribution in [3.63, 3.8) is 0 Å². The third kappa shape index (κ3) is 2.82. The van der Waals surface area contributed by atoms with Gasteiger partial charge in [0.2, 0.25) is 0 Å². The standard InChI is InChI=1S/C16H13FN2O2S/c1-10-3-2-4-12(9-10)18-14-15(20)19(16(21)22-14)13-7-5-11(17)6-8-13/h2-9,14,18H,1H3/t14-/m1/s1. The topological polar surface area (TPSA) is 49.4 Å². The highest BCUT2D eigenvalue weighted by molar-refractivity contribution is 8.16. The Bertz CT molecular complexity index is 733. The number of imide groups is 1. The Hall–Kier alpha value is -2.34. The lowest BCUT2D eigenvalue weighted by Crippen LogP contribution is -2.34. The zero-order valence-corrected chi connectivity index (χ0v) is 12.6. The van der Waals surface area contributed by atoms with Gasteiger partial charge < -0.3 is 5.32 Å². The molecule has 1 saturated heterocycles. The lowest BCUT2D eigenvalue weighted by atomic mass is 10.2. The molecular formula is C16H13FN2O2S. The molecule has 2 aromatic carbocycles. The highest BCUT2D eigenvalue weighted by atomic mass is 32.2. The van der Waals surface area contributed by atoms with Gasteiger partial charge in [-0.05, 0) is 60.6 Å². The van der Waals surface area contributed by atoms with Crippen molar-refractivity contribution in [1.29, 1.82) is 0 Å². The zero-order valence-electron chi connectivity index (χ0n) is 11.7. The van der Waals surface area contributed by atoms with Crippen LogP contribution in [0.15, 0.2) is 48.5 Å². The van der Waals surface area contributed by atoms with E-state index in [1.807, 2.05) is 31.2 Å². The second-order valence-corrected chi connectivity index (χ2v) is 5.98. The number of hydrogen-bond donors (Lipinski definition) is 1. The lowest BCUT2D eigenvalue weighted by Gasteiger charge is -2.15. The third-order valence-corrected chi connectivity index (χ3v) is 4.19. The number of anilines is 2. The summed E-state index contributed by atoms with van der Waals surface area (Å²) in [5.74, 6) is -0.770. The monoisotopic (exact) mass is 316 g/mol. The van der Waals surface area contributed by atoms with Crippen LogP contribution in [0.4, 0.5) is 20.6 Å². The van der Waals surface area contributed by atoms with Gasteiger partial charge in [-0.3, -0.25) is 9.59 Å². The average Bonchev–Trinajstić information content (AvgIpc) is 2.75. The molecule has 1 fully saturated rings. The van der Waals surface area contributed by atoms with Crippen LogP contribution >= 0.6 is 11.8 Å². The van der Waals surface area contributed by atoms with Gasteiger partial charge in [0, 0.05) is 5.69 Å². The molecule has 0 aromatic heterocycles. The fourth-order valence-corrected chi connectivity index (χ4v) is 3.12. The van der Waals surface area contributed by atoms with Gasteiger partial charge in [0.15, 0.2) is 5.37 Å². The highest BCUT2D eigenvalue weighted by Gasteiger charge is 2.40. The first-order chi connectivity index (χ1) is 10.5. The number of carbonyl (C=O) groups is 2. The first-order valence-electron chi connectivity index (χ1n) is 6.68. The molecule has 22 heavy (non-hydrogen) atoms. The van der Waals surface area contributed by atoms with Crippen LogP contribution in [0, 0.1) is 12.7 Å². The predicted molar refractivity (Wildman–Crippen MR) is 85.5 cm³/mol. The largest absolute Gasteiger partial charge is 0.365 e. The summed E-state index contributed by atoms with van der Waals surface area (Å²) in [6.07, 6.45) is 0. The minimum absolute atomic E-state index is 0.358. The Morgan fingerprint density at radius 1 is 1.14 bits per heavy atom. The molecule has 6 heteroatoms. The minimum atomic E-state index is -0.681. The first kappa shape index (κ1) is 14.6. The van der Waals surface area contributed by atoms with Crippen LogP contribution in [0.3, 0.4) is 0 Å². The molecule has 1 atom stereocenters. The molecule has 3 rings (SSSR count). The van der Waals surface area contributed by atoms with Crippen molar-refractivity contribution in [2.45, 2.75) is 12.3 Å². The van der Waals surface area contributed by atoms with Crippen molar-refractivity contribution in [1.82, 2.24) is 0 Å². The first-order valence-corrected chi connectivity index (χ1v) is 7.56. The van der Waals surface area contributed by atoms with Crippen molar-refractivity contribution in [2.75, 3.05) is 10.2 Å². The number of benzene rings is 2. The Labute approximate surface area is 131 Å². The number of thioether (sulfide) groups is 1. The van der Waals surface area contributed by atoms with Crippen molar-refractivity contribution < 1.29 is 14.0 Å². The summed E-state index contributed by atoms with van der Waals surface area (Å²) in [4.78, 5) is 25.6. The van der Waals surface area contributed by atoms with Crippen LogP contribution in [0.5, 0.6) is 0 Å². The Balaban J connectivity index is 1.81. The van der Waals surface area contributed by atoms with E-state index in [4.69, 9.17) is 0 Å². The van der Waals surface area contributed by atoms with Crippen molar-refractivity contribution in [3.8, 4) is 0 Å². The molecule has 0 spiro atoms. The van der Waals surface area contributed by atoms with Crippen LogP contribution < -0.4 is 10.2 Å². The molecule has 0 radical (unpaired) electrons. The fraction of sp³-hybridized carbons (Fsp3) is 0.125. The van der Waals surface area contributed by atoms with Gasteiger partial charge in [-0.1, -0.05) is 12.1 Å². The van der Waals surface area contributed by atoms with Gasteiger partial charge in [0.1, 0.15) is 5.82 Å². The Kier molecular flexibility index (Phi) is 3.85. The van der Waals surface area contributed by atoms with Gasteiger partial charge in [-0.15, -0.1) is 0 Å². The molecule has 1 N–H and O–H groups in total. The predicted octanol–water partition coefficient (Wildman–Crippen LogP) is 3.77. The van der Waals surface area contributed by atoms with Gasteiger partial charge in [0.05, 0.1) is 5.69 Å². The van der Waals surface area contributed by atoms with Crippen molar-refractivity contribution in [2.24, 2.45) is 0 Å². The normalized spacial score (nSPS) is 17.9. The number of carbonyl (C=O) groups excluding carboxylic acids is 2. The molecule has 0 aliphatic carbocycles. The minimum Gasteiger partial charge on any atom is -0.365 e. The molecule has 2 aromatic rings. The third-order valence-electron chi connectivity index (χ3n) is 3.25. The molecule has 1 aliphatic heterocycles. The van der Waals surface area contributed by atoms with E-state index in [2.05, 4.69) is 5.32 Å². The van der Waals surface area contributed by atoms with Crippen LogP contribution in [-0.2, 0) is 4.79 Å². The van der Waals surface area contributed by atoms with E-state index in [0.717, 1.165) is 27.9 Å². The Morgan fingerprint density at radius 3 is 2.55 bits per heavy atom. The average molecular weight is 316 g/mol. The smallest absolute Gasteiger partial charge is 0.295 e. The molecule has 0 saturated carbocycles. The summed E-state index contributed by atoms with van der Waals surface area (Å²) in [5, 5.41) is 2.00. The van der Waals surface area contributed by atoms with E-state index in [9.17, 15) is 14.0 Å². The quantitative estimate of drug-likeness (QED) is 0.936. The van der Waals surface area contributed by atoms with Crippen LogP contribution in [0.25, 0.3) is 0 Å². The van der Waals surface area contributed by atoms with Crippen molar-refractivity contribution >= 4 is 34.3 Å². The fourth-order valence-electron chi connectivity index (χ4n) is 2.21. The molecule has 0 unspecified atom stereocenters. The van der Waals surface area contributed by atoms with E-state index < -0.39 is 11.2 Å². The molecular weight excluding hydrogens is 303 g/mol. The lowest BCUT2D eigenvalue weighted by molar-refractivity contribution is -0.116. The molecule has 2 amide bonds.